The maximum absolute atomic E-state index is 12.0. The Morgan fingerprint density at radius 3 is 2.80 bits per heavy atom. The third kappa shape index (κ3) is 5.01. The third-order valence-electron chi connectivity index (χ3n) is 2.32. The molecule has 0 fully saturated rings. The molecule has 0 spiro atoms. The van der Waals surface area contributed by atoms with Crippen LogP contribution in [0, 0.1) is 11.8 Å². The smallest absolute Gasteiger partial charge is 0.241 e. The molecule has 0 radical (unpaired) electrons. The zero-order chi connectivity index (χ0) is 15.0. The van der Waals surface area contributed by atoms with E-state index in [0.717, 1.165) is 0 Å². The minimum absolute atomic E-state index is 0.0391. The summed E-state index contributed by atoms with van der Waals surface area (Å²) >= 11 is 0. The Labute approximate surface area is 118 Å². The number of carbonyl (C=O) groups is 1. The minimum Gasteiger partial charge on any atom is -0.395 e. The first-order chi connectivity index (χ1) is 9.49. The summed E-state index contributed by atoms with van der Waals surface area (Å²) in [6, 6.07) is 6.07. The number of benzene rings is 1. The first-order valence-electron chi connectivity index (χ1n) is 5.89. The van der Waals surface area contributed by atoms with Crippen molar-refractivity contribution in [3.63, 3.8) is 0 Å². The molecule has 0 aliphatic carbocycles. The van der Waals surface area contributed by atoms with E-state index in [-0.39, 0.29) is 18.0 Å². The summed E-state index contributed by atoms with van der Waals surface area (Å²) in [5.74, 6) is 5.04. The normalized spacial score (nSPS) is 10.5. The molecule has 3 N–H and O–H groups in total. The predicted octanol–water partition coefficient (Wildman–Crippen LogP) is -0.555. The Kier molecular flexibility index (Phi) is 6.18. The molecule has 0 heterocycles. The van der Waals surface area contributed by atoms with Crippen LogP contribution in [-0.2, 0) is 14.8 Å². The van der Waals surface area contributed by atoms with E-state index in [9.17, 15) is 13.2 Å². The van der Waals surface area contributed by atoms with Gasteiger partial charge in [0, 0.05) is 19.0 Å². The monoisotopic (exact) mass is 296 g/mol. The zero-order valence-electron chi connectivity index (χ0n) is 11.0. The van der Waals surface area contributed by atoms with E-state index in [1.165, 1.54) is 19.2 Å². The van der Waals surface area contributed by atoms with Crippen molar-refractivity contribution in [1.29, 1.82) is 0 Å². The number of aliphatic hydroxyl groups excluding tert-OH is 1. The van der Waals surface area contributed by atoms with Crippen LogP contribution in [0.2, 0.25) is 0 Å². The fraction of sp³-hybridized carbons (Fsp3) is 0.308. The van der Waals surface area contributed by atoms with Gasteiger partial charge in [-0.1, -0.05) is 17.9 Å². The Hall–Kier alpha value is -1.88. The molecule has 0 unspecified atom stereocenters. The second-order valence-corrected chi connectivity index (χ2v) is 5.57. The van der Waals surface area contributed by atoms with Gasteiger partial charge in [-0.3, -0.25) is 4.79 Å². The molecule has 7 heteroatoms. The van der Waals surface area contributed by atoms with Crippen LogP contribution >= 0.6 is 0 Å². The zero-order valence-corrected chi connectivity index (χ0v) is 11.8. The Balaban J connectivity index is 2.88. The summed E-state index contributed by atoms with van der Waals surface area (Å²) in [7, 11) is -2.32. The second kappa shape index (κ2) is 7.65. The number of nitrogens with one attached hydrogen (secondary N) is 2. The Morgan fingerprint density at radius 1 is 1.40 bits per heavy atom. The van der Waals surface area contributed by atoms with Crippen molar-refractivity contribution in [2.75, 3.05) is 20.2 Å². The number of hydrogen-bond donors (Lipinski definition) is 3. The third-order valence-corrected chi connectivity index (χ3v) is 3.71. The van der Waals surface area contributed by atoms with E-state index in [4.69, 9.17) is 5.11 Å². The highest BCUT2D eigenvalue weighted by atomic mass is 32.2. The number of amides is 1. The largest absolute Gasteiger partial charge is 0.395 e. The van der Waals surface area contributed by atoms with Crippen LogP contribution in [0.5, 0.6) is 0 Å². The molecule has 1 aromatic rings. The summed E-state index contributed by atoms with van der Waals surface area (Å²) in [6.45, 7) is -0.363. The number of hydrogen-bond acceptors (Lipinski definition) is 4. The van der Waals surface area contributed by atoms with Crippen molar-refractivity contribution in [1.82, 2.24) is 10.0 Å². The van der Waals surface area contributed by atoms with Gasteiger partial charge in [0.2, 0.25) is 15.9 Å². The summed E-state index contributed by atoms with van der Waals surface area (Å²) in [5.41, 5.74) is 0.529. The van der Waals surface area contributed by atoms with Crippen molar-refractivity contribution in [3.8, 4) is 11.8 Å². The van der Waals surface area contributed by atoms with Gasteiger partial charge in [0.15, 0.2) is 0 Å². The number of aliphatic hydroxyl groups is 1. The van der Waals surface area contributed by atoms with Crippen LogP contribution in [0.1, 0.15) is 12.0 Å². The van der Waals surface area contributed by atoms with Gasteiger partial charge in [0.1, 0.15) is 0 Å². The first-order valence-corrected chi connectivity index (χ1v) is 7.38. The van der Waals surface area contributed by atoms with E-state index >= 15 is 0 Å². The lowest BCUT2D eigenvalue weighted by molar-refractivity contribution is -0.119. The molecule has 20 heavy (non-hydrogen) atoms. The molecule has 0 aromatic heterocycles. The van der Waals surface area contributed by atoms with Crippen LogP contribution < -0.4 is 10.0 Å². The molecule has 0 atom stereocenters. The highest BCUT2D eigenvalue weighted by Gasteiger charge is 2.15. The fourth-order valence-corrected chi connectivity index (χ4v) is 2.32. The van der Waals surface area contributed by atoms with Crippen LogP contribution in [0.4, 0.5) is 0 Å². The van der Waals surface area contributed by atoms with Crippen LogP contribution in [0.25, 0.3) is 0 Å². The lowest BCUT2D eigenvalue weighted by Gasteiger charge is -2.06. The molecule has 0 aliphatic heterocycles. The quantitative estimate of drug-likeness (QED) is 0.635. The number of carbonyl (C=O) groups excluding carboxylic acids is 1. The van der Waals surface area contributed by atoms with Crippen LogP contribution in [0.15, 0.2) is 29.2 Å². The summed E-state index contributed by atoms with van der Waals surface area (Å²) in [5, 5.41) is 11.0. The summed E-state index contributed by atoms with van der Waals surface area (Å²) < 4.78 is 26.1. The van der Waals surface area contributed by atoms with Gasteiger partial charge >= 0.3 is 0 Å². The van der Waals surface area contributed by atoms with Gasteiger partial charge in [-0.05, 0) is 18.2 Å². The SMILES string of the molecule is CNC(=O)CNS(=O)(=O)c1cccc(C#CCCO)c1. The van der Waals surface area contributed by atoms with Crippen LogP contribution in [-0.4, -0.2) is 39.6 Å². The predicted molar refractivity (Wildman–Crippen MR) is 74.3 cm³/mol. The summed E-state index contributed by atoms with van der Waals surface area (Å²) in [4.78, 5) is 11.1. The molecule has 0 aliphatic rings. The number of likely N-dealkylation sites (N-methyl/N-ethyl adjacent to an activating group) is 1. The van der Waals surface area contributed by atoms with Gasteiger partial charge in [-0.15, -0.1) is 0 Å². The van der Waals surface area contributed by atoms with Gasteiger partial charge in [0.05, 0.1) is 18.0 Å². The number of sulfonamides is 1. The molecular formula is C13H16N2O4S. The molecule has 1 rings (SSSR count). The summed E-state index contributed by atoms with van der Waals surface area (Å²) in [6.07, 6.45) is 0.325. The molecular weight excluding hydrogens is 280 g/mol. The van der Waals surface area contributed by atoms with E-state index in [0.29, 0.717) is 12.0 Å². The molecule has 6 nitrogen and oxygen atoms in total. The first kappa shape index (κ1) is 16.2. The highest BCUT2D eigenvalue weighted by Crippen LogP contribution is 2.10. The van der Waals surface area contributed by atoms with E-state index < -0.39 is 15.9 Å². The Morgan fingerprint density at radius 2 is 2.15 bits per heavy atom. The standard InChI is InChI=1S/C13H16N2O4S/c1-14-13(17)10-15-20(18,19)12-7-4-6-11(9-12)5-2-3-8-16/h4,6-7,9,15-16H,3,8,10H2,1H3,(H,14,17). The molecule has 0 saturated heterocycles. The van der Waals surface area contributed by atoms with E-state index in [1.807, 2.05) is 0 Å². The molecule has 108 valence electrons. The van der Waals surface area contributed by atoms with Crippen molar-refractivity contribution < 1.29 is 18.3 Å². The van der Waals surface area contributed by atoms with Crippen LogP contribution in [0.3, 0.4) is 0 Å². The molecule has 1 amide bonds. The van der Waals surface area contributed by atoms with Crippen molar-refractivity contribution in [2.24, 2.45) is 0 Å². The number of rotatable bonds is 5. The van der Waals surface area contributed by atoms with Crippen molar-refractivity contribution in [3.05, 3.63) is 29.8 Å². The second-order valence-electron chi connectivity index (χ2n) is 3.80. The van der Waals surface area contributed by atoms with E-state index in [2.05, 4.69) is 21.9 Å². The average Bonchev–Trinajstić information content (AvgIpc) is 2.45. The average molecular weight is 296 g/mol. The van der Waals surface area contributed by atoms with E-state index in [1.54, 1.807) is 12.1 Å². The van der Waals surface area contributed by atoms with Gasteiger partial charge < -0.3 is 10.4 Å². The lowest BCUT2D eigenvalue weighted by atomic mass is 10.2. The van der Waals surface area contributed by atoms with Crippen molar-refractivity contribution in [2.45, 2.75) is 11.3 Å². The Bertz CT molecular complexity index is 629. The molecule has 1 aromatic carbocycles. The molecule has 0 bridgehead atoms. The van der Waals surface area contributed by atoms with Gasteiger partial charge in [-0.2, -0.15) is 0 Å². The maximum atomic E-state index is 12.0. The molecule has 0 saturated carbocycles. The highest BCUT2D eigenvalue weighted by molar-refractivity contribution is 7.89. The lowest BCUT2D eigenvalue weighted by Crippen LogP contribution is -2.35. The maximum Gasteiger partial charge on any atom is 0.241 e. The van der Waals surface area contributed by atoms with Gasteiger partial charge in [0.25, 0.3) is 0 Å². The van der Waals surface area contributed by atoms with Gasteiger partial charge in [-0.25, -0.2) is 13.1 Å². The minimum atomic E-state index is -3.75. The van der Waals surface area contributed by atoms with Crippen molar-refractivity contribution >= 4 is 15.9 Å². The fourth-order valence-electron chi connectivity index (χ4n) is 1.29. The topological polar surface area (TPSA) is 95.5 Å².